The molecule has 8 aromatic carbocycles. The molecule has 0 bridgehead atoms. The zero-order valence-corrected chi connectivity index (χ0v) is 38.5. The van der Waals surface area contributed by atoms with E-state index in [1.807, 2.05) is 217 Å². The van der Waals surface area contributed by atoms with Gasteiger partial charge in [-0.3, -0.25) is 0 Å². The molecule has 302 valence electrons. The molecule has 0 fully saturated rings. The first kappa shape index (κ1) is 42.2. The van der Waals surface area contributed by atoms with Crippen LogP contribution in [0.5, 0.6) is 0 Å². The molecule has 8 rings (SSSR count). The first-order valence-electron chi connectivity index (χ1n) is 20.3. The number of benzene rings is 8. The van der Waals surface area contributed by atoms with Crippen molar-refractivity contribution in [1.29, 1.82) is 0 Å². The number of hydrogen-bond donors (Lipinski definition) is 0. The highest BCUT2D eigenvalue weighted by molar-refractivity contribution is 7.86. The molecule has 1 atom stereocenters. The Labute approximate surface area is 360 Å². The zero-order chi connectivity index (χ0) is 42.9. The molecule has 8 aromatic rings. The molecule has 0 amide bonds. The van der Waals surface area contributed by atoms with Gasteiger partial charge in [0.2, 0.25) is 0 Å². The van der Waals surface area contributed by atoms with Crippen LogP contribution in [-0.2, 0) is 18.3 Å². The van der Waals surface area contributed by atoms with Crippen molar-refractivity contribution < 1.29 is 18.3 Å². The molecule has 0 N–H and O–H groups in total. The summed E-state index contributed by atoms with van der Waals surface area (Å²) in [6.45, 7) is 10.0. The quantitative estimate of drug-likeness (QED) is 0.122. The molecule has 0 saturated carbocycles. The van der Waals surface area contributed by atoms with Crippen LogP contribution in [-0.4, -0.2) is 0 Å². The van der Waals surface area contributed by atoms with Crippen LogP contribution in [0.2, 0.25) is 0 Å². The summed E-state index contributed by atoms with van der Waals surface area (Å²) in [6.07, 6.45) is 0. The Hall–Kier alpha value is -5.45. The van der Waals surface area contributed by atoms with Crippen molar-refractivity contribution in [2.24, 2.45) is 0 Å². The Morgan fingerprint density at radius 1 is 0.246 bits per heavy atom. The van der Waals surface area contributed by atoms with Crippen molar-refractivity contribution >= 4 is 87.6 Å². The molecular weight excluding hydrogens is 824 g/mol. The van der Waals surface area contributed by atoms with Gasteiger partial charge in [-0.25, -0.2) is 0 Å². The normalized spacial score (nSPS) is 12.2. The average molecular weight is 872 g/mol. The zero-order valence-electron chi connectivity index (χ0n) is 34.9. The molecule has 1 unspecified atom stereocenters. The minimum absolute atomic E-state index is 0.555. The Morgan fingerprint density at radius 2 is 0.377 bits per heavy atom. The van der Waals surface area contributed by atoms with Gasteiger partial charge in [-0.2, -0.15) is 0 Å². The summed E-state index contributed by atoms with van der Waals surface area (Å²) in [5.74, 6) is 0. The number of rotatable bonds is 11. The predicted octanol–water partition coefficient (Wildman–Crippen LogP) is 8.93. The van der Waals surface area contributed by atoms with Crippen LogP contribution < -0.4 is 58.3 Å². The van der Waals surface area contributed by atoms with Gasteiger partial charge in [0.1, 0.15) is 0 Å². The number of hydrogen-bond acceptors (Lipinski definition) is 4. The SMILES string of the molecule is Cc1ccc([P+](=O)c2ccc(P(=O)(c3ccc(P(=O)(c4ccc(C)cc4)c4ccc(C)cc4)cc3)c3ccc(P(=O)(c4ccc(C)cc4)c4ccc(C)cc4)cc3)cc2)cc1. The monoisotopic (exact) mass is 871 g/mol. The van der Waals surface area contributed by atoms with Crippen LogP contribution in [0.25, 0.3) is 0 Å². The molecule has 0 radical (unpaired) electrons. The van der Waals surface area contributed by atoms with Gasteiger partial charge in [-0.15, -0.1) is 0 Å². The Balaban J connectivity index is 1.26. The third-order valence-electron chi connectivity index (χ3n) is 11.5. The van der Waals surface area contributed by atoms with Gasteiger partial charge >= 0.3 is 7.80 Å². The summed E-state index contributed by atoms with van der Waals surface area (Å²) < 4.78 is 60.8. The summed E-state index contributed by atoms with van der Waals surface area (Å²) in [7, 11) is -12.2. The van der Waals surface area contributed by atoms with Gasteiger partial charge in [0.15, 0.2) is 32.0 Å². The second kappa shape index (κ2) is 17.1. The lowest BCUT2D eigenvalue weighted by Gasteiger charge is -2.24. The standard InChI is InChI=1S/C53H47O4P4/c1-38-6-16-43(17-7-38)58(54)44-18-28-49(29-19-44)61(57,52-34-30-50(31-35-52)59(55,45-20-8-39(2)9-21-45)46-22-10-40(3)11-23-46)53-36-32-51(33-37-53)60(56,47-24-12-41(4)13-25-47)48-26-14-42(5)15-27-48/h6-37H,1-5H3/q+1. The van der Waals surface area contributed by atoms with Gasteiger partial charge < -0.3 is 13.7 Å². The van der Waals surface area contributed by atoms with Crippen molar-refractivity contribution in [3.8, 4) is 0 Å². The minimum atomic E-state index is -3.64. The third kappa shape index (κ3) is 8.08. The van der Waals surface area contributed by atoms with Crippen LogP contribution >= 0.6 is 29.2 Å². The molecule has 0 heterocycles. The molecule has 4 nitrogen and oxygen atoms in total. The van der Waals surface area contributed by atoms with Crippen molar-refractivity contribution in [2.75, 3.05) is 0 Å². The largest absolute Gasteiger partial charge is 0.415 e. The van der Waals surface area contributed by atoms with Gasteiger partial charge in [0, 0.05) is 47.7 Å². The van der Waals surface area contributed by atoms with E-state index >= 15 is 13.7 Å². The molecular formula is C53H47O4P4+. The smallest absolute Gasteiger partial charge is 0.309 e. The van der Waals surface area contributed by atoms with E-state index in [0.29, 0.717) is 31.8 Å². The lowest BCUT2D eigenvalue weighted by Crippen LogP contribution is -2.30. The van der Waals surface area contributed by atoms with Crippen LogP contribution in [0, 0.1) is 34.6 Å². The fraction of sp³-hybridized carbons (Fsp3) is 0.0943. The maximum atomic E-state index is 16.1. The molecule has 0 aliphatic heterocycles. The van der Waals surface area contributed by atoms with Crippen molar-refractivity contribution in [2.45, 2.75) is 34.6 Å². The lowest BCUT2D eigenvalue weighted by molar-refractivity contribution is 0.591. The molecule has 0 aliphatic rings. The van der Waals surface area contributed by atoms with Crippen LogP contribution in [0.4, 0.5) is 0 Å². The van der Waals surface area contributed by atoms with Crippen molar-refractivity contribution in [3.63, 3.8) is 0 Å². The van der Waals surface area contributed by atoms with Gasteiger partial charge in [0.25, 0.3) is 0 Å². The predicted molar refractivity (Wildman–Crippen MR) is 262 cm³/mol. The Bertz CT molecular complexity index is 2740. The second-order valence-electron chi connectivity index (χ2n) is 15.8. The topological polar surface area (TPSA) is 68.3 Å². The summed E-state index contributed by atoms with van der Waals surface area (Å²) >= 11 is 0. The van der Waals surface area contributed by atoms with E-state index < -0.39 is 29.2 Å². The highest BCUT2D eigenvalue weighted by Crippen LogP contribution is 2.47. The first-order chi connectivity index (χ1) is 29.3. The third-order valence-corrected chi connectivity index (χ3v) is 22.2. The van der Waals surface area contributed by atoms with Crippen LogP contribution in [0.1, 0.15) is 27.8 Å². The lowest BCUT2D eigenvalue weighted by atomic mass is 10.2. The van der Waals surface area contributed by atoms with E-state index in [1.165, 1.54) is 0 Å². The highest BCUT2D eigenvalue weighted by atomic mass is 31.2. The van der Waals surface area contributed by atoms with E-state index in [9.17, 15) is 4.57 Å². The highest BCUT2D eigenvalue weighted by Gasteiger charge is 2.36. The fourth-order valence-electron chi connectivity index (χ4n) is 7.73. The van der Waals surface area contributed by atoms with Crippen molar-refractivity contribution in [3.05, 3.63) is 222 Å². The average Bonchev–Trinajstić information content (AvgIpc) is 3.29. The second-order valence-corrected chi connectivity index (χ2v) is 25.8. The molecule has 0 aliphatic carbocycles. The van der Waals surface area contributed by atoms with Crippen LogP contribution in [0.15, 0.2) is 194 Å². The summed E-state index contributed by atoms with van der Waals surface area (Å²) in [5.41, 5.74) is 5.38. The summed E-state index contributed by atoms with van der Waals surface area (Å²) in [5, 5.41) is 7.17. The molecule has 0 spiro atoms. The molecule has 0 aromatic heterocycles. The van der Waals surface area contributed by atoms with Gasteiger partial charge in [-0.1, -0.05) is 190 Å². The van der Waals surface area contributed by atoms with E-state index in [4.69, 9.17) is 0 Å². The van der Waals surface area contributed by atoms with E-state index in [-0.39, 0.29) is 0 Å². The van der Waals surface area contributed by atoms with E-state index in [2.05, 4.69) is 0 Å². The molecule has 8 heteroatoms. The maximum Gasteiger partial charge on any atom is 0.415 e. The maximum absolute atomic E-state index is 16.1. The van der Waals surface area contributed by atoms with E-state index in [1.54, 1.807) is 12.1 Å². The van der Waals surface area contributed by atoms with Crippen LogP contribution in [0.3, 0.4) is 0 Å². The van der Waals surface area contributed by atoms with E-state index in [0.717, 1.165) is 54.3 Å². The van der Waals surface area contributed by atoms with Crippen molar-refractivity contribution in [1.82, 2.24) is 0 Å². The molecule has 0 saturated heterocycles. The first-order valence-corrected chi connectivity index (χ1v) is 26.6. The summed E-state index contributed by atoms with van der Waals surface area (Å²) in [6, 6.07) is 61.0. The minimum Gasteiger partial charge on any atom is -0.309 e. The fourth-order valence-corrected chi connectivity index (χ4v) is 16.7. The molecule has 61 heavy (non-hydrogen) atoms. The van der Waals surface area contributed by atoms with Gasteiger partial charge in [-0.05, 0) is 71.0 Å². The Morgan fingerprint density at radius 3 is 0.574 bits per heavy atom. The Kier molecular flexibility index (Phi) is 11.9. The van der Waals surface area contributed by atoms with Gasteiger partial charge in [0.05, 0.1) is 0 Å². The number of aryl methyl sites for hydroxylation is 5. The summed E-state index contributed by atoms with van der Waals surface area (Å²) in [4.78, 5) is 0.